The average molecular weight is 419 g/mol. The number of carbonyl (C=O) groups is 2. The smallest absolute Gasteiger partial charge is 0.320 e. The van der Waals surface area contributed by atoms with Crippen LogP contribution in [0.5, 0.6) is 0 Å². The van der Waals surface area contributed by atoms with Gasteiger partial charge in [0, 0.05) is 63.0 Å². The third kappa shape index (κ3) is 4.59. The molecule has 2 N–H and O–H groups in total. The minimum Gasteiger partial charge on any atom is -0.320 e. The second-order valence-electron chi connectivity index (χ2n) is 7.14. The van der Waals surface area contributed by atoms with E-state index in [2.05, 4.69) is 41.9 Å². The Morgan fingerprint density at radius 2 is 2.03 bits per heavy atom. The SMILES string of the molecule is C#Cc1ccc(CN2CCN(C(=O)n3ccc(NC(C)=O)n3)CC2)c(-c2nnn[nH]2)c1. The number of hydrogen-bond donors (Lipinski definition) is 2. The molecule has 1 saturated heterocycles. The minimum absolute atomic E-state index is 0.219. The predicted molar refractivity (Wildman–Crippen MR) is 112 cm³/mol. The Morgan fingerprint density at radius 1 is 1.23 bits per heavy atom. The number of aromatic nitrogens is 6. The summed E-state index contributed by atoms with van der Waals surface area (Å²) in [4.78, 5) is 27.8. The van der Waals surface area contributed by atoms with Crippen LogP contribution in [0, 0.1) is 12.3 Å². The van der Waals surface area contributed by atoms with Crippen molar-refractivity contribution in [2.24, 2.45) is 0 Å². The van der Waals surface area contributed by atoms with Gasteiger partial charge in [0.25, 0.3) is 0 Å². The Balaban J connectivity index is 1.40. The molecule has 158 valence electrons. The van der Waals surface area contributed by atoms with Crippen LogP contribution in [0.1, 0.15) is 18.1 Å². The lowest BCUT2D eigenvalue weighted by molar-refractivity contribution is -0.114. The summed E-state index contributed by atoms with van der Waals surface area (Å²) in [5.74, 6) is 3.32. The van der Waals surface area contributed by atoms with Gasteiger partial charge in [0.2, 0.25) is 5.91 Å². The molecule has 0 bridgehead atoms. The molecule has 0 spiro atoms. The number of amides is 2. The van der Waals surface area contributed by atoms with E-state index < -0.39 is 0 Å². The normalized spacial score (nSPS) is 14.3. The molecule has 1 aliphatic heterocycles. The number of benzene rings is 1. The van der Waals surface area contributed by atoms with Crippen LogP contribution in [0.4, 0.5) is 10.6 Å². The van der Waals surface area contributed by atoms with E-state index in [0.29, 0.717) is 44.4 Å². The van der Waals surface area contributed by atoms with Crippen molar-refractivity contribution in [1.29, 1.82) is 0 Å². The molecule has 3 aromatic rings. The van der Waals surface area contributed by atoms with E-state index in [-0.39, 0.29) is 11.9 Å². The first-order chi connectivity index (χ1) is 15.0. The van der Waals surface area contributed by atoms with Gasteiger partial charge in [-0.15, -0.1) is 16.6 Å². The number of nitrogens with zero attached hydrogens (tertiary/aromatic N) is 7. The van der Waals surface area contributed by atoms with Crippen LogP contribution in [0.3, 0.4) is 0 Å². The lowest BCUT2D eigenvalue weighted by atomic mass is 10.0. The van der Waals surface area contributed by atoms with Crippen LogP contribution >= 0.6 is 0 Å². The number of tetrazole rings is 1. The molecule has 2 aromatic heterocycles. The summed E-state index contributed by atoms with van der Waals surface area (Å²) in [6.07, 6.45) is 7.08. The number of hydrogen-bond acceptors (Lipinski definition) is 7. The third-order valence-corrected chi connectivity index (χ3v) is 5.00. The number of H-pyrrole nitrogens is 1. The zero-order valence-corrected chi connectivity index (χ0v) is 16.9. The van der Waals surface area contributed by atoms with Gasteiger partial charge in [-0.25, -0.2) is 9.89 Å². The molecular weight excluding hydrogens is 398 g/mol. The third-order valence-electron chi connectivity index (χ3n) is 5.00. The number of piperazine rings is 1. The van der Waals surface area contributed by atoms with Crippen molar-refractivity contribution < 1.29 is 9.59 Å². The fourth-order valence-electron chi connectivity index (χ4n) is 3.46. The second kappa shape index (κ2) is 8.76. The van der Waals surface area contributed by atoms with Crippen molar-refractivity contribution in [3.05, 3.63) is 41.6 Å². The topological polar surface area (TPSA) is 125 Å². The van der Waals surface area contributed by atoms with Crippen LogP contribution in [-0.2, 0) is 11.3 Å². The number of nitrogens with one attached hydrogen (secondary N) is 2. The summed E-state index contributed by atoms with van der Waals surface area (Å²) >= 11 is 0. The fourth-order valence-corrected chi connectivity index (χ4v) is 3.46. The van der Waals surface area contributed by atoms with E-state index in [4.69, 9.17) is 6.42 Å². The van der Waals surface area contributed by atoms with Gasteiger partial charge < -0.3 is 10.2 Å². The number of terminal acetylenes is 1. The van der Waals surface area contributed by atoms with Gasteiger partial charge in [-0.3, -0.25) is 9.69 Å². The van der Waals surface area contributed by atoms with E-state index in [1.54, 1.807) is 17.2 Å². The molecule has 2 amide bonds. The van der Waals surface area contributed by atoms with Crippen LogP contribution in [0.2, 0.25) is 0 Å². The number of aromatic amines is 1. The Morgan fingerprint density at radius 3 is 2.71 bits per heavy atom. The van der Waals surface area contributed by atoms with Gasteiger partial charge in [-0.1, -0.05) is 12.0 Å². The Labute approximate surface area is 178 Å². The molecule has 31 heavy (non-hydrogen) atoms. The molecule has 1 aromatic carbocycles. The maximum atomic E-state index is 12.7. The van der Waals surface area contributed by atoms with E-state index in [1.807, 2.05) is 18.2 Å². The van der Waals surface area contributed by atoms with E-state index in [1.165, 1.54) is 11.6 Å². The second-order valence-corrected chi connectivity index (χ2v) is 7.14. The van der Waals surface area contributed by atoms with Crippen molar-refractivity contribution in [3.8, 4) is 23.7 Å². The van der Waals surface area contributed by atoms with E-state index in [9.17, 15) is 9.59 Å². The first kappa shape index (κ1) is 20.2. The van der Waals surface area contributed by atoms with Gasteiger partial charge in [-0.2, -0.15) is 4.68 Å². The number of rotatable bonds is 4. The molecule has 0 saturated carbocycles. The summed E-state index contributed by atoms with van der Waals surface area (Å²) in [6, 6.07) is 7.14. The first-order valence-electron chi connectivity index (χ1n) is 9.72. The van der Waals surface area contributed by atoms with E-state index >= 15 is 0 Å². The summed E-state index contributed by atoms with van der Waals surface area (Å²) in [5.41, 5.74) is 2.66. The fraction of sp³-hybridized carbons (Fsp3) is 0.300. The predicted octanol–water partition coefficient (Wildman–Crippen LogP) is 0.789. The van der Waals surface area contributed by atoms with Gasteiger partial charge in [-0.05, 0) is 28.1 Å². The molecule has 11 nitrogen and oxygen atoms in total. The highest BCUT2D eigenvalue weighted by Gasteiger charge is 2.24. The van der Waals surface area contributed by atoms with Crippen LogP contribution < -0.4 is 5.32 Å². The quantitative estimate of drug-likeness (QED) is 0.599. The highest BCUT2D eigenvalue weighted by atomic mass is 16.2. The summed E-state index contributed by atoms with van der Waals surface area (Å²) in [7, 11) is 0. The largest absolute Gasteiger partial charge is 0.344 e. The molecule has 0 atom stereocenters. The van der Waals surface area contributed by atoms with Crippen molar-refractivity contribution in [2.45, 2.75) is 13.5 Å². The minimum atomic E-state index is -0.234. The molecule has 3 heterocycles. The zero-order valence-electron chi connectivity index (χ0n) is 16.9. The summed E-state index contributed by atoms with van der Waals surface area (Å²) < 4.78 is 1.24. The maximum absolute atomic E-state index is 12.7. The standard InChI is InChI=1S/C20H21N9O2/c1-3-15-4-5-16(17(12-15)19-22-25-26-23-19)13-27-8-10-28(11-9-27)20(31)29-7-6-18(24-29)21-14(2)30/h1,4-7,12H,8-11,13H2,2H3,(H,21,24,30)(H,22,23,25,26). The first-order valence-corrected chi connectivity index (χ1v) is 9.72. The summed E-state index contributed by atoms with van der Waals surface area (Å²) in [5, 5.41) is 20.8. The lowest BCUT2D eigenvalue weighted by Gasteiger charge is -2.34. The molecule has 0 radical (unpaired) electrons. The average Bonchev–Trinajstić information content (AvgIpc) is 3.46. The molecular formula is C20H21N9O2. The highest BCUT2D eigenvalue weighted by Crippen LogP contribution is 2.23. The van der Waals surface area contributed by atoms with Crippen molar-refractivity contribution in [1.82, 2.24) is 40.2 Å². The van der Waals surface area contributed by atoms with Crippen LogP contribution in [0.25, 0.3) is 11.4 Å². The Kier molecular flexibility index (Phi) is 5.72. The number of anilines is 1. The van der Waals surface area contributed by atoms with Gasteiger partial charge in [0.05, 0.1) is 0 Å². The van der Waals surface area contributed by atoms with Crippen LogP contribution in [0.15, 0.2) is 30.5 Å². The molecule has 1 aliphatic rings. The van der Waals surface area contributed by atoms with Crippen LogP contribution in [-0.4, -0.2) is 78.3 Å². The maximum Gasteiger partial charge on any atom is 0.344 e. The lowest BCUT2D eigenvalue weighted by Crippen LogP contribution is -2.49. The van der Waals surface area contributed by atoms with Gasteiger partial charge in [0.15, 0.2) is 11.6 Å². The van der Waals surface area contributed by atoms with Gasteiger partial charge in [0.1, 0.15) is 0 Å². The molecule has 0 unspecified atom stereocenters. The Bertz CT molecular complexity index is 1120. The monoisotopic (exact) mass is 419 g/mol. The molecule has 1 fully saturated rings. The zero-order chi connectivity index (χ0) is 21.8. The van der Waals surface area contributed by atoms with Crippen molar-refractivity contribution >= 4 is 17.8 Å². The molecule has 4 rings (SSSR count). The molecule has 0 aliphatic carbocycles. The van der Waals surface area contributed by atoms with Gasteiger partial charge >= 0.3 is 6.03 Å². The Hall–Kier alpha value is -4.04. The highest BCUT2D eigenvalue weighted by molar-refractivity contribution is 5.88. The van der Waals surface area contributed by atoms with E-state index in [0.717, 1.165) is 16.7 Å². The van der Waals surface area contributed by atoms with Crippen molar-refractivity contribution in [2.75, 3.05) is 31.5 Å². The summed E-state index contributed by atoms with van der Waals surface area (Å²) in [6.45, 7) is 4.61. The van der Waals surface area contributed by atoms with Crippen molar-refractivity contribution in [3.63, 3.8) is 0 Å². The number of carbonyl (C=O) groups excluding carboxylic acids is 2. The molecule has 11 heteroatoms.